The van der Waals surface area contributed by atoms with Gasteiger partial charge in [0.25, 0.3) is 0 Å². The van der Waals surface area contributed by atoms with Gasteiger partial charge in [-0.15, -0.1) is 0 Å². The fraction of sp³-hybridized carbons (Fsp3) is 0.435. The van der Waals surface area contributed by atoms with Gasteiger partial charge in [-0.1, -0.05) is 35.5 Å². The highest BCUT2D eigenvalue weighted by Gasteiger charge is 2.41. The highest BCUT2D eigenvalue weighted by Crippen LogP contribution is 2.45. The van der Waals surface area contributed by atoms with E-state index in [0.29, 0.717) is 17.7 Å². The monoisotopic (exact) mass is 425 g/mol. The molecule has 30 heavy (non-hydrogen) atoms. The van der Waals surface area contributed by atoms with E-state index in [1.807, 2.05) is 17.2 Å². The van der Waals surface area contributed by atoms with Gasteiger partial charge >= 0.3 is 5.97 Å². The highest BCUT2D eigenvalue weighted by molar-refractivity contribution is 8.16. The summed E-state index contributed by atoms with van der Waals surface area (Å²) in [7, 11) is 1.40. The van der Waals surface area contributed by atoms with Crippen LogP contribution in [0.4, 0.5) is 0 Å². The second-order valence-electron chi connectivity index (χ2n) is 8.01. The number of aliphatic imine (C=N–C) groups is 1. The lowest BCUT2D eigenvalue weighted by Gasteiger charge is -2.37. The third kappa shape index (κ3) is 3.67. The number of ether oxygens (including phenoxy) is 1. The minimum atomic E-state index is -0.387. The number of benzene rings is 1. The zero-order valence-corrected chi connectivity index (χ0v) is 18.7. The molecule has 1 fully saturated rings. The third-order valence-corrected chi connectivity index (χ3v) is 6.81. The number of hydrogen-bond donors (Lipinski definition) is 0. The molecule has 0 bridgehead atoms. The third-order valence-electron chi connectivity index (χ3n) is 5.92. The second-order valence-corrected chi connectivity index (χ2v) is 8.85. The average Bonchev–Trinajstić information content (AvgIpc) is 3.37. The first-order valence-electron chi connectivity index (χ1n) is 10.3. The SMILES string of the molecule is COC(=O)C1=C(C)N=C2SC=C(CC(=O)N3CCCC3)N2[C@@H]1c1ccc(C)cc1C. The van der Waals surface area contributed by atoms with Crippen LogP contribution in [0.2, 0.25) is 0 Å². The molecule has 1 amide bonds. The van der Waals surface area contributed by atoms with E-state index < -0.39 is 0 Å². The van der Waals surface area contributed by atoms with Crippen LogP contribution >= 0.6 is 11.8 Å². The van der Waals surface area contributed by atoms with Gasteiger partial charge in [-0.2, -0.15) is 0 Å². The van der Waals surface area contributed by atoms with Gasteiger partial charge in [-0.05, 0) is 50.1 Å². The topological polar surface area (TPSA) is 62.2 Å². The van der Waals surface area contributed by atoms with Crippen LogP contribution in [0.1, 0.15) is 48.9 Å². The van der Waals surface area contributed by atoms with Crippen LogP contribution in [-0.4, -0.2) is 47.0 Å². The van der Waals surface area contributed by atoms with E-state index >= 15 is 0 Å². The van der Waals surface area contributed by atoms with Gasteiger partial charge < -0.3 is 14.5 Å². The molecule has 0 radical (unpaired) electrons. The van der Waals surface area contributed by atoms with Crippen LogP contribution in [0.5, 0.6) is 0 Å². The first-order valence-corrected chi connectivity index (χ1v) is 11.2. The van der Waals surface area contributed by atoms with Crippen LogP contribution in [0.15, 0.2) is 45.6 Å². The summed E-state index contributed by atoms with van der Waals surface area (Å²) in [5.74, 6) is -0.256. The van der Waals surface area contributed by atoms with Gasteiger partial charge in [-0.25, -0.2) is 9.79 Å². The van der Waals surface area contributed by atoms with Crippen LogP contribution in [0, 0.1) is 13.8 Å². The van der Waals surface area contributed by atoms with E-state index in [9.17, 15) is 9.59 Å². The number of carbonyl (C=O) groups is 2. The zero-order chi connectivity index (χ0) is 21.4. The van der Waals surface area contributed by atoms with Gasteiger partial charge in [0.15, 0.2) is 5.17 Å². The lowest BCUT2D eigenvalue weighted by atomic mass is 9.90. The quantitative estimate of drug-likeness (QED) is 0.681. The van der Waals surface area contributed by atoms with Crippen molar-refractivity contribution in [3.8, 4) is 0 Å². The van der Waals surface area contributed by atoms with Crippen molar-refractivity contribution < 1.29 is 14.3 Å². The maximum absolute atomic E-state index is 12.9. The molecule has 7 heteroatoms. The molecular weight excluding hydrogens is 398 g/mol. The lowest BCUT2D eigenvalue weighted by Crippen LogP contribution is -2.38. The highest BCUT2D eigenvalue weighted by atomic mass is 32.2. The van der Waals surface area contributed by atoms with Crippen LogP contribution in [0.25, 0.3) is 0 Å². The summed E-state index contributed by atoms with van der Waals surface area (Å²) in [4.78, 5) is 34.3. The minimum absolute atomic E-state index is 0.130. The van der Waals surface area contributed by atoms with Crippen molar-refractivity contribution in [1.82, 2.24) is 9.80 Å². The summed E-state index contributed by atoms with van der Waals surface area (Å²) in [6.07, 6.45) is 2.44. The van der Waals surface area contributed by atoms with Crippen molar-refractivity contribution >= 4 is 28.8 Å². The molecule has 0 saturated carbocycles. The first-order chi connectivity index (χ1) is 14.4. The number of fused-ring (bicyclic) bond motifs is 1. The van der Waals surface area contributed by atoms with Crippen molar-refractivity contribution in [2.45, 2.75) is 46.1 Å². The Morgan fingerprint density at radius 3 is 2.60 bits per heavy atom. The average molecular weight is 426 g/mol. The predicted octanol–water partition coefficient (Wildman–Crippen LogP) is 4.06. The molecular formula is C23H27N3O3S. The number of hydrogen-bond acceptors (Lipinski definition) is 6. The number of carbonyl (C=O) groups excluding carboxylic acids is 2. The van der Waals surface area contributed by atoms with E-state index in [2.05, 4.69) is 41.9 Å². The van der Waals surface area contributed by atoms with Gasteiger partial charge in [-0.3, -0.25) is 4.79 Å². The molecule has 0 N–H and O–H groups in total. The number of thioether (sulfide) groups is 1. The molecule has 0 aromatic heterocycles. The number of esters is 1. The van der Waals surface area contributed by atoms with Crippen molar-refractivity contribution in [2.24, 2.45) is 4.99 Å². The lowest BCUT2D eigenvalue weighted by molar-refractivity contribution is -0.136. The Hall–Kier alpha value is -2.54. The molecule has 1 atom stereocenters. The number of methoxy groups -OCH3 is 1. The van der Waals surface area contributed by atoms with E-state index in [1.54, 1.807) is 0 Å². The number of amidine groups is 1. The smallest absolute Gasteiger partial charge is 0.338 e. The number of rotatable bonds is 4. The normalized spacial score (nSPS) is 20.9. The van der Waals surface area contributed by atoms with Crippen molar-refractivity contribution in [3.05, 3.63) is 57.3 Å². The summed E-state index contributed by atoms with van der Waals surface area (Å²) in [5, 5.41) is 2.80. The summed E-state index contributed by atoms with van der Waals surface area (Å²) in [6.45, 7) is 7.61. The van der Waals surface area contributed by atoms with E-state index in [4.69, 9.17) is 4.74 Å². The van der Waals surface area contributed by atoms with E-state index in [1.165, 1.54) is 18.9 Å². The molecule has 1 saturated heterocycles. The maximum atomic E-state index is 12.9. The number of allylic oxidation sites excluding steroid dienone is 1. The number of likely N-dealkylation sites (tertiary alicyclic amines) is 1. The molecule has 6 nitrogen and oxygen atoms in total. The molecule has 1 aromatic carbocycles. The van der Waals surface area contributed by atoms with Gasteiger partial charge in [0.05, 0.1) is 30.8 Å². The summed E-state index contributed by atoms with van der Waals surface area (Å²) >= 11 is 1.51. The Morgan fingerprint density at radius 1 is 1.20 bits per heavy atom. The van der Waals surface area contributed by atoms with E-state index in [0.717, 1.165) is 53.5 Å². The van der Waals surface area contributed by atoms with Gasteiger partial charge in [0.2, 0.25) is 5.91 Å². The molecule has 3 aliphatic rings. The predicted molar refractivity (Wildman–Crippen MR) is 119 cm³/mol. The molecule has 0 spiro atoms. The molecule has 0 aliphatic carbocycles. The maximum Gasteiger partial charge on any atom is 0.338 e. The standard InChI is InChI=1S/C23H27N3O3S/c1-14-7-8-18(15(2)11-14)21-20(22(28)29-4)16(3)24-23-26(21)17(13-30-23)12-19(27)25-9-5-6-10-25/h7-8,11,13,21H,5-6,9-10,12H2,1-4H3/t21-/m1/s1. The molecule has 3 heterocycles. The number of aryl methyl sites for hydroxylation is 2. The molecule has 0 unspecified atom stereocenters. The van der Waals surface area contributed by atoms with Crippen molar-refractivity contribution in [2.75, 3.05) is 20.2 Å². The fourth-order valence-corrected chi connectivity index (χ4v) is 5.36. The van der Waals surface area contributed by atoms with Crippen LogP contribution < -0.4 is 0 Å². The Balaban J connectivity index is 1.75. The van der Waals surface area contributed by atoms with Crippen molar-refractivity contribution in [1.29, 1.82) is 0 Å². The Morgan fingerprint density at radius 2 is 1.93 bits per heavy atom. The summed E-state index contributed by atoms with van der Waals surface area (Å²) in [5.41, 5.74) is 5.35. The zero-order valence-electron chi connectivity index (χ0n) is 17.9. The fourth-order valence-electron chi connectivity index (χ4n) is 4.40. The summed E-state index contributed by atoms with van der Waals surface area (Å²) < 4.78 is 5.13. The largest absolute Gasteiger partial charge is 0.466 e. The molecule has 158 valence electrons. The van der Waals surface area contributed by atoms with Crippen LogP contribution in [-0.2, 0) is 14.3 Å². The van der Waals surface area contributed by atoms with Gasteiger partial charge in [0, 0.05) is 18.8 Å². The van der Waals surface area contributed by atoms with Crippen molar-refractivity contribution in [3.63, 3.8) is 0 Å². The Bertz CT molecular complexity index is 989. The summed E-state index contributed by atoms with van der Waals surface area (Å²) in [6, 6.07) is 5.88. The Labute approximate surface area is 181 Å². The first kappa shape index (κ1) is 20.7. The number of amides is 1. The van der Waals surface area contributed by atoms with Crippen LogP contribution in [0.3, 0.4) is 0 Å². The molecule has 3 aliphatic heterocycles. The van der Waals surface area contributed by atoms with Gasteiger partial charge in [0.1, 0.15) is 0 Å². The Kier molecular flexibility index (Phi) is 5.73. The molecule has 1 aromatic rings. The second kappa shape index (κ2) is 8.30. The number of nitrogens with zero attached hydrogens (tertiary/aromatic N) is 3. The molecule has 4 rings (SSSR count). The minimum Gasteiger partial charge on any atom is -0.466 e. The van der Waals surface area contributed by atoms with E-state index in [-0.39, 0.29) is 17.9 Å².